The van der Waals surface area contributed by atoms with Gasteiger partial charge in [0.25, 0.3) is 0 Å². The van der Waals surface area contributed by atoms with Gasteiger partial charge in [0.1, 0.15) is 6.61 Å². The Bertz CT molecular complexity index is 294. The molecule has 1 fully saturated rings. The number of hydrogen-bond donors (Lipinski definition) is 1. The molecule has 2 N–H and O–H groups in total. The van der Waals surface area contributed by atoms with Crippen molar-refractivity contribution in [3.05, 3.63) is 0 Å². The van der Waals surface area contributed by atoms with Crippen LogP contribution in [-0.2, 0) is 14.3 Å². The van der Waals surface area contributed by atoms with E-state index in [-0.39, 0.29) is 37.0 Å². The van der Waals surface area contributed by atoms with Gasteiger partial charge in [0, 0.05) is 19.0 Å². The van der Waals surface area contributed by atoms with Crippen LogP contribution in [0.4, 0.5) is 0 Å². The highest BCUT2D eigenvalue weighted by Crippen LogP contribution is 2.19. The van der Waals surface area contributed by atoms with Crippen molar-refractivity contribution in [3.8, 4) is 0 Å². The Morgan fingerprint density at radius 1 is 1.44 bits per heavy atom. The minimum Gasteiger partial charge on any atom is -0.370 e. The number of piperidine rings is 1. The summed E-state index contributed by atoms with van der Waals surface area (Å²) in [7, 11) is 0. The summed E-state index contributed by atoms with van der Waals surface area (Å²) in [4.78, 5) is 24.8. The Morgan fingerprint density at radius 3 is 2.78 bits per heavy atom. The number of nitrogens with zero attached hydrogens (tertiary/aromatic N) is 1. The number of hydrogen-bond acceptors (Lipinski definition) is 3. The molecule has 1 aliphatic heterocycles. The molecule has 2 amide bonds. The highest BCUT2D eigenvalue weighted by Gasteiger charge is 2.27. The summed E-state index contributed by atoms with van der Waals surface area (Å²) in [6.07, 6.45) is 4.14. The van der Waals surface area contributed by atoms with Gasteiger partial charge in [-0.05, 0) is 32.6 Å². The maximum Gasteiger partial charge on any atom is 0.248 e. The summed E-state index contributed by atoms with van der Waals surface area (Å²) in [5, 5.41) is 0. The van der Waals surface area contributed by atoms with Crippen molar-refractivity contribution in [1.82, 2.24) is 4.90 Å². The number of carbonyl (C=O) groups is 2. The van der Waals surface area contributed by atoms with Crippen molar-refractivity contribution in [3.63, 3.8) is 0 Å². The summed E-state index contributed by atoms with van der Waals surface area (Å²) in [5.74, 6) is -0.371. The van der Waals surface area contributed by atoms with Gasteiger partial charge in [-0.2, -0.15) is 0 Å². The van der Waals surface area contributed by atoms with E-state index in [2.05, 4.69) is 0 Å². The maximum atomic E-state index is 12.1. The molecule has 1 aliphatic rings. The standard InChI is InChI=1S/C13H24N2O3/c1-3-10(2)18-9-13(17)15-7-5-4-6-11(15)8-12(14)16/h10-11H,3-9H2,1-2H3,(H2,14,16)/t10-,11+/m1/s1. The lowest BCUT2D eigenvalue weighted by atomic mass is 9.99. The van der Waals surface area contributed by atoms with Crippen LogP contribution in [0.25, 0.3) is 0 Å². The fourth-order valence-corrected chi connectivity index (χ4v) is 2.19. The number of ether oxygens (including phenoxy) is 1. The predicted octanol–water partition coefficient (Wildman–Crippen LogP) is 1.06. The molecule has 5 nitrogen and oxygen atoms in total. The first-order chi connectivity index (χ1) is 8.54. The van der Waals surface area contributed by atoms with Gasteiger partial charge in [0.15, 0.2) is 0 Å². The molecule has 0 aliphatic carbocycles. The molecule has 1 saturated heterocycles. The average Bonchev–Trinajstić information content (AvgIpc) is 2.35. The number of amides is 2. The van der Waals surface area contributed by atoms with Crippen molar-refractivity contribution >= 4 is 11.8 Å². The van der Waals surface area contributed by atoms with Crippen molar-refractivity contribution < 1.29 is 14.3 Å². The van der Waals surface area contributed by atoms with E-state index in [1.165, 1.54) is 0 Å². The fourth-order valence-electron chi connectivity index (χ4n) is 2.19. The minimum atomic E-state index is -0.345. The number of nitrogens with two attached hydrogens (primary N) is 1. The molecule has 18 heavy (non-hydrogen) atoms. The first kappa shape index (κ1) is 15.0. The van der Waals surface area contributed by atoms with Crippen molar-refractivity contribution in [2.75, 3.05) is 13.2 Å². The molecule has 0 saturated carbocycles. The molecule has 0 radical (unpaired) electrons. The highest BCUT2D eigenvalue weighted by molar-refractivity contribution is 5.80. The molecule has 104 valence electrons. The highest BCUT2D eigenvalue weighted by atomic mass is 16.5. The lowest BCUT2D eigenvalue weighted by Gasteiger charge is -2.35. The van der Waals surface area contributed by atoms with Gasteiger partial charge in [0.05, 0.1) is 6.10 Å². The van der Waals surface area contributed by atoms with Gasteiger partial charge in [-0.3, -0.25) is 9.59 Å². The molecular weight excluding hydrogens is 232 g/mol. The molecule has 1 heterocycles. The van der Waals surface area contributed by atoms with Crippen LogP contribution in [0.1, 0.15) is 46.0 Å². The molecule has 0 spiro atoms. The Morgan fingerprint density at radius 2 is 2.17 bits per heavy atom. The third-order valence-corrected chi connectivity index (χ3v) is 3.45. The zero-order valence-electron chi connectivity index (χ0n) is 11.4. The van der Waals surface area contributed by atoms with E-state index < -0.39 is 0 Å². The monoisotopic (exact) mass is 256 g/mol. The smallest absolute Gasteiger partial charge is 0.248 e. The van der Waals surface area contributed by atoms with Crippen LogP contribution < -0.4 is 5.73 Å². The third kappa shape index (κ3) is 4.64. The molecule has 0 aromatic rings. The van der Waals surface area contributed by atoms with E-state index in [1.807, 2.05) is 13.8 Å². The topological polar surface area (TPSA) is 72.6 Å². The lowest BCUT2D eigenvalue weighted by Crippen LogP contribution is -2.47. The summed E-state index contributed by atoms with van der Waals surface area (Å²) in [6, 6.07) is -0.0377. The first-order valence-corrected chi connectivity index (χ1v) is 6.74. The van der Waals surface area contributed by atoms with Gasteiger partial charge in [0.2, 0.25) is 11.8 Å². The Labute approximate surface area is 109 Å². The van der Waals surface area contributed by atoms with E-state index in [4.69, 9.17) is 10.5 Å². The van der Waals surface area contributed by atoms with Crippen LogP contribution in [-0.4, -0.2) is 42.0 Å². The average molecular weight is 256 g/mol. The molecule has 5 heteroatoms. The van der Waals surface area contributed by atoms with Gasteiger partial charge >= 0.3 is 0 Å². The molecule has 0 aromatic heterocycles. The molecule has 0 unspecified atom stereocenters. The lowest BCUT2D eigenvalue weighted by molar-refractivity contribution is -0.142. The summed E-state index contributed by atoms with van der Waals surface area (Å²) in [6.45, 7) is 4.78. The van der Waals surface area contributed by atoms with Crippen LogP contribution in [0.2, 0.25) is 0 Å². The van der Waals surface area contributed by atoms with Crippen LogP contribution in [0, 0.1) is 0 Å². The second kappa shape index (κ2) is 7.36. The van der Waals surface area contributed by atoms with Gasteiger partial charge < -0.3 is 15.4 Å². The second-order valence-corrected chi connectivity index (χ2v) is 4.94. The maximum absolute atomic E-state index is 12.1. The van der Waals surface area contributed by atoms with Crippen LogP contribution in [0.5, 0.6) is 0 Å². The number of carbonyl (C=O) groups excluding carboxylic acids is 2. The molecular formula is C13H24N2O3. The first-order valence-electron chi connectivity index (χ1n) is 6.74. The minimum absolute atomic E-state index is 0.0266. The number of likely N-dealkylation sites (tertiary alicyclic amines) is 1. The molecule has 1 rings (SSSR count). The van der Waals surface area contributed by atoms with E-state index in [0.717, 1.165) is 25.7 Å². The second-order valence-electron chi connectivity index (χ2n) is 4.94. The SMILES string of the molecule is CC[C@@H](C)OCC(=O)N1CCCC[C@H]1CC(N)=O. The number of primary amides is 1. The summed E-state index contributed by atoms with van der Waals surface area (Å²) in [5.41, 5.74) is 5.22. The predicted molar refractivity (Wildman–Crippen MR) is 68.9 cm³/mol. The third-order valence-electron chi connectivity index (χ3n) is 3.45. The summed E-state index contributed by atoms with van der Waals surface area (Å²) >= 11 is 0. The van der Waals surface area contributed by atoms with E-state index in [0.29, 0.717) is 6.54 Å². The van der Waals surface area contributed by atoms with Crippen molar-refractivity contribution in [1.29, 1.82) is 0 Å². The number of rotatable bonds is 6. The van der Waals surface area contributed by atoms with Crippen LogP contribution in [0.3, 0.4) is 0 Å². The zero-order valence-corrected chi connectivity index (χ0v) is 11.4. The van der Waals surface area contributed by atoms with Gasteiger partial charge in [-0.1, -0.05) is 6.92 Å². The molecule has 0 bridgehead atoms. The van der Waals surface area contributed by atoms with E-state index >= 15 is 0 Å². The normalized spacial score (nSPS) is 21.7. The Balaban J connectivity index is 2.49. The van der Waals surface area contributed by atoms with E-state index in [9.17, 15) is 9.59 Å². The quantitative estimate of drug-likeness (QED) is 0.772. The fraction of sp³-hybridized carbons (Fsp3) is 0.846. The van der Waals surface area contributed by atoms with Crippen molar-refractivity contribution in [2.24, 2.45) is 5.73 Å². The Hall–Kier alpha value is -1.10. The largest absolute Gasteiger partial charge is 0.370 e. The molecule has 0 aromatic carbocycles. The van der Waals surface area contributed by atoms with Crippen molar-refractivity contribution in [2.45, 2.75) is 58.1 Å². The van der Waals surface area contributed by atoms with Crippen LogP contribution >= 0.6 is 0 Å². The molecule has 2 atom stereocenters. The zero-order chi connectivity index (χ0) is 13.5. The summed E-state index contributed by atoms with van der Waals surface area (Å²) < 4.78 is 5.45. The van der Waals surface area contributed by atoms with Gasteiger partial charge in [-0.15, -0.1) is 0 Å². The van der Waals surface area contributed by atoms with Gasteiger partial charge in [-0.25, -0.2) is 0 Å². The van der Waals surface area contributed by atoms with Crippen LogP contribution in [0.15, 0.2) is 0 Å². The Kier molecular flexibility index (Phi) is 6.12. The van der Waals surface area contributed by atoms with E-state index in [1.54, 1.807) is 4.90 Å².